The first-order valence-corrected chi connectivity index (χ1v) is 13.9. The third-order valence-electron chi connectivity index (χ3n) is 9.09. The van der Waals surface area contributed by atoms with Crippen LogP contribution in [0, 0.1) is 5.92 Å². The molecule has 1 aromatic heterocycles. The van der Waals surface area contributed by atoms with Gasteiger partial charge in [-0.1, -0.05) is 55.0 Å². The second-order valence-corrected chi connectivity index (χ2v) is 11.4. The van der Waals surface area contributed by atoms with E-state index in [1.807, 2.05) is 54.7 Å². The minimum Gasteiger partial charge on any atom is -0.454 e. The number of piperidine rings is 4. The van der Waals surface area contributed by atoms with Crippen LogP contribution in [0.3, 0.4) is 0 Å². The first-order valence-electron chi connectivity index (χ1n) is 13.9. The van der Waals surface area contributed by atoms with Gasteiger partial charge in [-0.25, -0.2) is 9.78 Å². The first kappa shape index (κ1) is 24.4. The first-order chi connectivity index (χ1) is 18.1. The zero-order chi connectivity index (χ0) is 25.3. The van der Waals surface area contributed by atoms with Crippen LogP contribution in [0.4, 0.5) is 0 Å². The molecule has 6 nitrogen and oxygen atoms in total. The van der Waals surface area contributed by atoms with Gasteiger partial charge in [0, 0.05) is 24.3 Å². The highest BCUT2D eigenvalue weighted by atomic mass is 16.5. The van der Waals surface area contributed by atoms with Crippen LogP contribution in [-0.4, -0.2) is 59.2 Å². The van der Waals surface area contributed by atoms with Crippen molar-refractivity contribution in [2.75, 3.05) is 32.7 Å². The number of likely N-dealkylation sites (tertiary alicyclic amines) is 1. The molecule has 4 aliphatic heterocycles. The van der Waals surface area contributed by atoms with Gasteiger partial charge in [0.15, 0.2) is 11.9 Å². The Kier molecular flexibility index (Phi) is 6.63. The lowest BCUT2D eigenvalue weighted by atomic mass is 9.82. The summed E-state index contributed by atoms with van der Waals surface area (Å²) in [7, 11) is 0. The average molecular weight is 501 g/mol. The molecule has 2 atom stereocenters. The van der Waals surface area contributed by atoms with Crippen LogP contribution in [0.2, 0.25) is 0 Å². The largest absolute Gasteiger partial charge is 0.454 e. The Morgan fingerprint density at radius 2 is 1.70 bits per heavy atom. The predicted octanol–water partition coefficient (Wildman–Crippen LogP) is 5.40. The number of nitrogens with zero attached hydrogens (tertiary/aromatic N) is 3. The fourth-order valence-corrected chi connectivity index (χ4v) is 6.79. The third kappa shape index (κ3) is 4.73. The normalized spacial score (nSPS) is 27.5. The van der Waals surface area contributed by atoms with Gasteiger partial charge < -0.3 is 13.6 Å². The quantitative estimate of drug-likeness (QED) is 0.321. The van der Waals surface area contributed by atoms with E-state index in [9.17, 15) is 4.79 Å². The number of fused-ring (bicyclic) bond motifs is 3. The van der Waals surface area contributed by atoms with Crippen molar-refractivity contribution in [2.45, 2.75) is 57.2 Å². The van der Waals surface area contributed by atoms with E-state index in [4.69, 9.17) is 9.15 Å². The number of aromatic nitrogens is 1. The van der Waals surface area contributed by atoms with Gasteiger partial charge in [-0.2, -0.15) is 0 Å². The molecule has 0 unspecified atom stereocenters. The fraction of sp³-hybridized carbons (Fsp3) is 0.484. The second kappa shape index (κ2) is 10.1. The van der Waals surface area contributed by atoms with E-state index in [0.29, 0.717) is 11.8 Å². The van der Waals surface area contributed by atoms with Crippen LogP contribution in [0.25, 0.3) is 11.5 Å². The molecule has 2 bridgehead atoms. The lowest BCUT2D eigenvalue weighted by molar-refractivity contribution is -0.959. The van der Waals surface area contributed by atoms with E-state index in [1.54, 1.807) is 0 Å². The van der Waals surface area contributed by atoms with E-state index < -0.39 is 5.54 Å². The topological polar surface area (TPSA) is 55.6 Å². The lowest BCUT2D eigenvalue weighted by Gasteiger charge is -2.52. The number of hydrogen-bond donors (Lipinski definition) is 0. The van der Waals surface area contributed by atoms with Crippen molar-refractivity contribution < 1.29 is 18.4 Å². The molecule has 6 heteroatoms. The number of carbonyl (C=O) groups is 1. The summed E-state index contributed by atoms with van der Waals surface area (Å²) in [6, 6.07) is 20.3. The fourth-order valence-electron chi connectivity index (χ4n) is 6.79. The lowest BCUT2D eigenvalue weighted by Crippen LogP contribution is -2.64. The van der Waals surface area contributed by atoms with Gasteiger partial charge in [0.05, 0.1) is 19.3 Å². The smallest absolute Gasteiger partial charge is 0.331 e. The van der Waals surface area contributed by atoms with Crippen molar-refractivity contribution in [3.05, 3.63) is 78.2 Å². The Morgan fingerprint density at radius 3 is 2.41 bits per heavy atom. The molecule has 3 aromatic rings. The minimum absolute atomic E-state index is 0.0562. The zero-order valence-electron chi connectivity index (χ0n) is 21.9. The van der Waals surface area contributed by atoms with Crippen LogP contribution >= 0.6 is 0 Å². The molecule has 194 valence electrons. The Hall–Kier alpha value is -2.96. The van der Waals surface area contributed by atoms with E-state index in [-0.39, 0.29) is 12.1 Å². The standard InChI is InChI=1S/C31H38N3O3/c1-31(26-13-7-3-8-14-26,33-17-9-4-10-18-33)30(35)37-28-23-34(19-15-24(28)16-20-34)22-27-21-32-29(36-27)25-11-5-2-6-12-25/h2-3,5-8,11-14,21,24,28H,4,9-10,15-20,22-23H2,1H3/q+1/t24?,28-,31-,34?/m0/s1. The van der Waals surface area contributed by atoms with Crippen LogP contribution in [-0.2, 0) is 21.6 Å². The summed E-state index contributed by atoms with van der Waals surface area (Å²) in [5.41, 5.74) is 1.27. The van der Waals surface area contributed by atoms with Gasteiger partial charge >= 0.3 is 5.97 Å². The van der Waals surface area contributed by atoms with E-state index in [2.05, 4.69) is 28.9 Å². The van der Waals surface area contributed by atoms with E-state index in [1.165, 1.54) is 6.42 Å². The molecule has 4 fully saturated rings. The van der Waals surface area contributed by atoms with Gasteiger partial charge in [-0.05, 0) is 50.6 Å². The molecule has 2 aromatic carbocycles. The maximum Gasteiger partial charge on any atom is 0.331 e. The van der Waals surface area contributed by atoms with Gasteiger partial charge in [0.2, 0.25) is 5.89 Å². The third-order valence-corrected chi connectivity index (χ3v) is 9.09. The summed E-state index contributed by atoms with van der Waals surface area (Å²) in [4.78, 5) is 20.9. The molecule has 0 N–H and O–H groups in total. The highest BCUT2D eigenvalue weighted by Gasteiger charge is 2.51. The Balaban J connectivity index is 1.20. The highest BCUT2D eigenvalue weighted by Crippen LogP contribution is 2.40. The van der Waals surface area contributed by atoms with Gasteiger partial charge in [0.1, 0.15) is 18.6 Å². The zero-order valence-corrected chi connectivity index (χ0v) is 21.9. The van der Waals surface area contributed by atoms with Crippen LogP contribution < -0.4 is 0 Å². The van der Waals surface area contributed by atoms with Crippen LogP contribution in [0.1, 0.15) is 50.4 Å². The molecule has 0 radical (unpaired) electrons. The summed E-state index contributed by atoms with van der Waals surface area (Å²) >= 11 is 0. The molecule has 4 aliphatic rings. The number of rotatable bonds is 7. The SMILES string of the molecule is C[C@@](C(=O)O[C@H]1C[N+]2(Cc3cnc(-c4ccccc4)o3)CCC1CC2)(c1ccccc1)N1CCCCC1. The van der Waals surface area contributed by atoms with Crippen molar-refractivity contribution in [3.63, 3.8) is 0 Å². The molecular weight excluding hydrogens is 462 g/mol. The summed E-state index contributed by atoms with van der Waals surface area (Å²) in [6.07, 6.45) is 7.48. The molecule has 7 rings (SSSR count). The number of ether oxygens (including phenoxy) is 1. The molecule has 0 saturated carbocycles. The molecular formula is C31H38N3O3+. The molecule has 37 heavy (non-hydrogen) atoms. The second-order valence-electron chi connectivity index (χ2n) is 11.4. The summed E-state index contributed by atoms with van der Waals surface area (Å²) < 4.78 is 13.6. The molecule has 5 heterocycles. The Morgan fingerprint density at radius 1 is 1.03 bits per heavy atom. The van der Waals surface area contributed by atoms with Crippen LogP contribution in [0.5, 0.6) is 0 Å². The molecule has 0 aliphatic carbocycles. The number of oxazole rings is 1. The highest BCUT2D eigenvalue weighted by molar-refractivity contribution is 5.82. The van der Waals surface area contributed by atoms with Gasteiger partial charge in [0.25, 0.3) is 0 Å². The van der Waals surface area contributed by atoms with Crippen molar-refractivity contribution in [1.29, 1.82) is 0 Å². The maximum atomic E-state index is 14.0. The van der Waals surface area contributed by atoms with Crippen molar-refractivity contribution >= 4 is 5.97 Å². The predicted molar refractivity (Wildman–Crippen MR) is 142 cm³/mol. The van der Waals surface area contributed by atoms with E-state index in [0.717, 1.165) is 86.3 Å². The van der Waals surface area contributed by atoms with Gasteiger partial charge in [-0.3, -0.25) is 4.90 Å². The summed E-state index contributed by atoms with van der Waals surface area (Å²) in [6.45, 7) is 7.78. The molecule has 0 spiro atoms. The number of hydrogen-bond acceptors (Lipinski definition) is 5. The summed E-state index contributed by atoms with van der Waals surface area (Å²) in [5, 5.41) is 0. The number of carbonyl (C=O) groups excluding carboxylic acids is 1. The van der Waals surface area contributed by atoms with Crippen molar-refractivity contribution in [3.8, 4) is 11.5 Å². The maximum absolute atomic E-state index is 14.0. The van der Waals surface area contributed by atoms with Crippen molar-refractivity contribution in [2.24, 2.45) is 5.92 Å². The summed E-state index contributed by atoms with van der Waals surface area (Å²) in [5.74, 6) is 1.93. The molecule has 4 saturated heterocycles. The molecule has 0 amide bonds. The van der Waals surface area contributed by atoms with Gasteiger partial charge in [-0.15, -0.1) is 0 Å². The Labute approximate surface area is 219 Å². The minimum atomic E-state index is -0.756. The monoisotopic (exact) mass is 500 g/mol. The Bertz CT molecular complexity index is 1200. The van der Waals surface area contributed by atoms with E-state index >= 15 is 0 Å². The number of esters is 1. The number of quaternary nitrogens is 1. The average Bonchev–Trinajstić information content (AvgIpc) is 3.42. The van der Waals surface area contributed by atoms with Crippen molar-refractivity contribution in [1.82, 2.24) is 9.88 Å². The number of benzene rings is 2. The van der Waals surface area contributed by atoms with Crippen LogP contribution in [0.15, 0.2) is 71.3 Å².